The first kappa shape index (κ1) is 21.8. The third kappa shape index (κ3) is 5.35. The van der Waals surface area contributed by atoms with Gasteiger partial charge in [-0.25, -0.2) is 4.98 Å². The zero-order valence-electron chi connectivity index (χ0n) is 18.2. The summed E-state index contributed by atoms with van der Waals surface area (Å²) in [6.07, 6.45) is 1.58. The quantitative estimate of drug-likeness (QED) is 0.561. The number of H-pyrrole nitrogens is 1. The molecule has 158 valence electrons. The van der Waals surface area contributed by atoms with Crippen molar-refractivity contribution >= 4 is 16.8 Å². The van der Waals surface area contributed by atoms with Gasteiger partial charge in [0.05, 0.1) is 16.9 Å². The minimum absolute atomic E-state index is 0.0164. The lowest BCUT2D eigenvalue weighted by atomic mass is 9.93. The van der Waals surface area contributed by atoms with Crippen LogP contribution in [0.3, 0.4) is 0 Å². The van der Waals surface area contributed by atoms with Gasteiger partial charge in [0.25, 0.3) is 5.56 Å². The van der Waals surface area contributed by atoms with Crippen LogP contribution < -0.4 is 10.9 Å². The summed E-state index contributed by atoms with van der Waals surface area (Å²) in [4.78, 5) is 32.1. The SMILES string of the molecule is CC(C)c1ccc(C(NC(=O)CCCc2nc3ccccc3c(=O)[nH]2)C(C)C)cc1. The van der Waals surface area contributed by atoms with E-state index in [1.807, 2.05) is 18.2 Å². The van der Waals surface area contributed by atoms with Crippen LogP contribution >= 0.6 is 0 Å². The molecule has 1 amide bonds. The van der Waals surface area contributed by atoms with Crippen LogP contribution in [-0.2, 0) is 11.2 Å². The highest BCUT2D eigenvalue weighted by atomic mass is 16.1. The van der Waals surface area contributed by atoms with Crippen LogP contribution in [0, 0.1) is 5.92 Å². The van der Waals surface area contributed by atoms with Crippen molar-refractivity contribution in [1.82, 2.24) is 15.3 Å². The number of hydrogen-bond donors (Lipinski definition) is 2. The molecule has 2 N–H and O–H groups in total. The number of carbonyl (C=O) groups is 1. The third-order valence-corrected chi connectivity index (χ3v) is 5.42. The van der Waals surface area contributed by atoms with E-state index in [0.29, 0.717) is 41.9 Å². The highest BCUT2D eigenvalue weighted by molar-refractivity contribution is 5.77. The standard InChI is InChI=1S/C25H31N3O2/c1-16(2)18-12-14-19(15-13-18)24(17(3)4)28-23(29)11-7-10-22-26-21-9-6-5-8-20(21)25(30)27-22/h5-6,8-9,12-17,24H,7,10-11H2,1-4H3,(H,28,29)(H,26,27,30). The predicted molar refractivity (Wildman–Crippen MR) is 122 cm³/mol. The van der Waals surface area contributed by atoms with E-state index in [9.17, 15) is 9.59 Å². The molecule has 0 aliphatic heterocycles. The first-order chi connectivity index (χ1) is 14.3. The van der Waals surface area contributed by atoms with Crippen LogP contribution in [0.25, 0.3) is 10.9 Å². The minimum Gasteiger partial charge on any atom is -0.349 e. The van der Waals surface area contributed by atoms with Crippen LogP contribution in [0.15, 0.2) is 53.3 Å². The maximum Gasteiger partial charge on any atom is 0.258 e. The first-order valence-electron chi connectivity index (χ1n) is 10.7. The van der Waals surface area contributed by atoms with Gasteiger partial charge in [-0.1, -0.05) is 64.1 Å². The number of amides is 1. The molecule has 1 heterocycles. The van der Waals surface area contributed by atoms with E-state index < -0.39 is 0 Å². The molecule has 5 heteroatoms. The largest absolute Gasteiger partial charge is 0.349 e. The number of aromatic nitrogens is 2. The molecule has 3 aromatic rings. The third-order valence-electron chi connectivity index (χ3n) is 5.42. The van der Waals surface area contributed by atoms with Gasteiger partial charge in [-0.15, -0.1) is 0 Å². The van der Waals surface area contributed by atoms with Crippen molar-refractivity contribution in [2.75, 3.05) is 0 Å². The molecule has 2 aromatic carbocycles. The van der Waals surface area contributed by atoms with Gasteiger partial charge in [-0.3, -0.25) is 9.59 Å². The van der Waals surface area contributed by atoms with Crippen molar-refractivity contribution in [2.45, 2.75) is 58.9 Å². The maximum absolute atomic E-state index is 12.6. The van der Waals surface area contributed by atoms with Gasteiger partial charge >= 0.3 is 0 Å². The lowest BCUT2D eigenvalue weighted by Crippen LogP contribution is -2.31. The highest BCUT2D eigenvalue weighted by Crippen LogP contribution is 2.24. The maximum atomic E-state index is 12.6. The fourth-order valence-electron chi connectivity index (χ4n) is 3.64. The average Bonchev–Trinajstić information content (AvgIpc) is 2.72. The number of para-hydroxylation sites is 1. The second kappa shape index (κ2) is 9.70. The second-order valence-electron chi connectivity index (χ2n) is 8.49. The van der Waals surface area contributed by atoms with Crippen molar-refractivity contribution in [3.8, 4) is 0 Å². The van der Waals surface area contributed by atoms with Crippen LogP contribution in [0.4, 0.5) is 0 Å². The van der Waals surface area contributed by atoms with E-state index in [1.54, 1.807) is 6.07 Å². The molecule has 30 heavy (non-hydrogen) atoms. The summed E-state index contributed by atoms with van der Waals surface area (Å²) in [6.45, 7) is 8.58. The second-order valence-corrected chi connectivity index (χ2v) is 8.49. The number of aromatic amines is 1. The molecule has 1 unspecified atom stereocenters. The normalized spacial score (nSPS) is 12.5. The van der Waals surface area contributed by atoms with Gasteiger partial charge in [0.2, 0.25) is 5.91 Å². The Bertz CT molecular complexity index is 1050. The van der Waals surface area contributed by atoms with Crippen LogP contribution in [0.2, 0.25) is 0 Å². The zero-order chi connectivity index (χ0) is 21.7. The van der Waals surface area contributed by atoms with Gasteiger partial charge in [0.1, 0.15) is 5.82 Å². The van der Waals surface area contributed by atoms with Crippen LogP contribution in [0.5, 0.6) is 0 Å². The lowest BCUT2D eigenvalue weighted by Gasteiger charge is -2.23. The summed E-state index contributed by atoms with van der Waals surface area (Å²) >= 11 is 0. The van der Waals surface area contributed by atoms with Gasteiger partial charge in [-0.2, -0.15) is 0 Å². The summed E-state index contributed by atoms with van der Waals surface area (Å²) in [7, 11) is 0. The number of carbonyl (C=O) groups excluding carboxylic acids is 1. The summed E-state index contributed by atoms with van der Waals surface area (Å²) in [5.74, 6) is 1.42. The molecule has 0 bridgehead atoms. The van der Waals surface area contributed by atoms with Crippen molar-refractivity contribution < 1.29 is 4.79 Å². The van der Waals surface area contributed by atoms with Gasteiger partial charge in [0.15, 0.2) is 0 Å². The summed E-state index contributed by atoms with van der Waals surface area (Å²) < 4.78 is 0. The Morgan fingerprint density at radius 2 is 1.67 bits per heavy atom. The molecule has 0 fully saturated rings. The Hall–Kier alpha value is -2.95. The Kier molecular flexibility index (Phi) is 7.03. The van der Waals surface area contributed by atoms with E-state index in [2.05, 4.69) is 67.2 Å². The minimum atomic E-state index is -0.134. The Morgan fingerprint density at radius 1 is 1.00 bits per heavy atom. The smallest absolute Gasteiger partial charge is 0.258 e. The van der Waals surface area contributed by atoms with Crippen LogP contribution in [-0.4, -0.2) is 15.9 Å². The Balaban J connectivity index is 1.59. The van der Waals surface area contributed by atoms with E-state index in [1.165, 1.54) is 5.56 Å². The van der Waals surface area contributed by atoms with E-state index in [-0.39, 0.29) is 23.4 Å². The fourth-order valence-corrected chi connectivity index (χ4v) is 3.64. The van der Waals surface area contributed by atoms with Crippen molar-refractivity contribution in [1.29, 1.82) is 0 Å². The lowest BCUT2D eigenvalue weighted by molar-refractivity contribution is -0.122. The number of hydrogen-bond acceptors (Lipinski definition) is 3. The van der Waals surface area contributed by atoms with Gasteiger partial charge < -0.3 is 10.3 Å². The summed E-state index contributed by atoms with van der Waals surface area (Å²) in [5.41, 5.74) is 2.97. The number of nitrogens with one attached hydrogen (secondary N) is 2. The molecule has 0 saturated heterocycles. The molecule has 3 rings (SSSR count). The molecule has 0 radical (unpaired) electrons. The van der Waals surface area contributed by atoms with Crippen molar-refractivity contribution in [3.05, 3.63) is 75.8 Å². The molecule has 1 atom stereocenters. The van der Waals surface area contributed by atoms with E-state index in [4.69, 9.17) is 0 Å². The number of aryl methyl sites for hydroxylation is 1. The van der Waals surface area contributed by atoms with Gasteiger partial charge in [0, 0.05) is 12.8 Å². The monoisotopic (exact) mass is 405 g/mol. The zero-order valence-corrected chi connectivity index (χ0v) is 18.2. The fraction of sp³-hybridized carbons (Fsp3) is 0.400. The van der Waals surface area contributed by atoms with Gasteiger partial charge in [-0.05, 0) is 41.5 Å². The number of benzene rings is 2. The van der Waals surface area contributed by atoms with E-state index >= 15 is 0 Å². The summed E-state index contributed by atoms with van der Waals surface area (Å²) in [5, 5.41) is 3.76. The topological polar surface area (TPSA) is 74.8 Å². The molecule has 5 nitrogen and oxygen atoms in total. The Labute approximate surface area is 177 Å². The number of nitrogens with zero attached hydrogens (tertiary/aromatic N) is 1. The molecule has 0 aliphatic carbocycles. The average molecular weight is 406 g/mol. The molecule has 0 spiro atoms. The number of rotatable bonds is 8. The molecular weight excluding hydrogens is 374 g/mol. The predicted octanol–water partition coefficient (Wildman–Crippen LogP) is 4.88. The van der Waals surface area contributed by atoms with Crippen LogP contribution in [0.1, 0.15) is 69.4 Å². The van der Waals surface area contributed by atoms with Crippen molar-refractivity contribution in [2.24, 2.45) is 5.92 Å². The molecule has 0 aliphatic rings. The summed E-state index contributed by atoms with van der Waals surface area (Å²) in [6, 6.07) is 15.8. The Morgan fingerprint density at radius 3 is 2.33 bits per heavy atom. The molecule has 0 saturated carbocycles. The first-order valence-corrected chi connectivity index (χ1v) is 10.7. The molecular formula is C25H31N3O2. The molecule has 1 aromatic heterocycles. The van der Waals surface area contributed by atoms with E-state index in [0.717, 1.165) is 5.56 Å². The highest BCUT2D eigenvalue weighted by Gasteiger charge is 2.18. The number of fused-ring (bicyclic) bond motifs is 1. The van der Waals surface area contributed by atoms with Crippen molar-refractivity contribution in [3.63, 3.8) is 0 Å².